The van der Waals surface area contributed by atoms with Crippen LogP contribution in [0, 0.1) is 5.82 Å². The van der Waals surface area contributed by atoms with Crippen LogP contribution < -0.4 is 24.8 Å². The maximum Gasteiger partial charge on any atom is 0.258 e. The molecule has 2 N–H and O–H groups in total. The molecule has 2 aromatic carbocycles. The molecule has 0 atom stereocenters. The van der Waals surface area contributed by atoms with Gasteiger partial charge in [0, 0.05) is 30.2 Å². The quantitative estimate of drug-likeness (QED) is 0.627. The van der Waals surface area contributed by atoms with Crippen molar-refractivity contribution in [2.75, 3.05) is 32.0 Å². The number of halogens is 1. The Kier molecular flexibility index (Phi) is 6.08. The fourth-order valence-electron chi connectivity index (χ4n) is 2.55. The summed E-state index contributed by atoms with van der Waals surface area (Å²) in [6, 6.07) is 9.36. The van der Waals surface area contributed by atoms with Crippen molar-refractivity contribution in [3.05, 3.63) is 60.2 Å². The van der Waals surface area contributed by atoms with Crippen LogP contribution in [0.3, 0.4) is 0 Å². The van der Waals surface area contributed by atoms with Crippen LogP contribution in [0.1, 0.15) is 10.4 Å². The molecule has 1 aromatic heterocycles. The van der Waals surface area contributed by atoms with Crippen molar-refractivity contribution in [2.24, 2.45) is 0 Å². The van der Waals surface area contributed by atoms with Crippen LogP contribution in [-0.2, 0) is 0 Å². The summed E-state index contributed by atoms with van der Waals surface area (Å²) < 4.78 is 29.5. The minimum atomic E-state index is -0.434. The molecular weight excluding hydrogens is 379 g/mol. The lowest BCUT2D eigenvalue weighted by Gasteiger charge is -2.14. The van der Waals surface area contributed by atoms with Gasteiger partial charge >= 0.3 is 0 Å². The van der Waals surface area contributed by atoms with Crippen molar-refractivity contribution in [3.63, 3.8) is 0 Å². The van der Waals surface area contributed by atoms with E-state index in [1.165, 1.54) is 39.8 Å². The van der Waals surface area contributed by atoms with Crippen molar-refractivity contribution in [3.8, 4) is 17.2 Å². The molecule has 9 heteroatoms. The van der Waals surface area contributed by atoms with Gasteiger partial charge in [-0.25, -0.2) is 14.4 Å². The number of hydrogen-bond acceptors (Lipinski definition) is 7. The molecule has 1 amide bonds. The summed E-state index contributed by atoms with van der Waals surface area (Å²) in [5, 5.41) is 5.48. The van der Waals surface area contributed by atoms with Crippen molar-refractivity contribution < 1.29 is 23.4 Å². The third-order valence-corrected chi connectivity index (χ3v) is 3.96. The minimum absolute atomic E-state index is 0.166. The summed E-state index contributed by atoms with van der Waals surface area (Å²) in [5.74, 6) is 0.530. The molecule has 3 aromatic rings. The van der Waals surface area contributed by atoms with Crippen LogP contribution in [0.4, 0.5) is 21.7 Å². The van der Waals surface area contributed by atoms with E-state index < -0.39 is 11.7 Å². The average molecular weight is 398 g/mol. The van der Waals surface area contributed by atoms with Gasteiger partial charge in [0.05, 0.1) is 32.6 Å². The van der Waals surface area contributed by atoms with Gasteiger partial charge in [-0.3, -0.25) is 4.79 Å². The number of rotatable bonds is 7. The zero-order valence-electron chi connectivity index (χ0n) is 16.0. The number of hydrogen-bond donors (Lipinski definition) is 2. The first-order valence-corrected chi connectivity index (χ1v) is 8.50. The van der Waals surface area contributed by atoms with Crippen LogP contribution in [0.15, 0.2) is 48.8 Å². The van der Waals surface area contributed by atoms with E-state index in [-0.39, 0.29) is 17.2 Å². The van der Waals surface area contributed by atoms with E-state index in [1.54, 1.807) is 30.3 Å². The van der Waals surface area contributed by atoms with E-state index in [0.717, 1.165) is 0 Å². The number of para-hydroxylation sites is 1. The van der Waals surface area contributed by atoms with Crippen LogP contribution >= 0.6 is 0 Å². The van der Waals surface area contributed by atoms with E-state index in [2.05, 4.69) is 20.6 Å². The molecule has 0 unspecified atom stereocenters. The summed E-state index contributed by atoms with van der Waals surface area (Å²) in [6.45, 7) is 0. The Hall–Kier alpha value is -3.88. The highest BCUT2D eigenvalue weighted by molar-refractivity contribution is 6.04. The van der Waals surface area contributed by atoms with Crippen molar-refractivity contribution in [1.82, 2.24) is 9.97 Å². The Bertz CT molecular complexity index is 987. The molecule has 0 aliphatic carbocycles. The van der Waals surface area contributed by atoms with E-state index in [1.807, 2.05) is 0 Å². The maximum absolute atomic E-state index is 13.7. The number of ether oxygens (including phenoxy) is 3. The molecule has 0 bridgehead atoms. The number of carbonyl (C=O) groups is 1. The molecule has 29 heavy (non-hydrogen) atoms. The standard InChI is InChI=1S/C20H19FN4O4/c1-27-16-8-13(9-17(28-2)18(16)29-3)24-19(26)12-10-22-20(23-11-12)25-15-7-5-4-6-14(15)21/h4-11H,1-3H3,(H,24,26)(H,22,23,25). The van der Waals surface area contributed by atoms with Gasteiger partial charge in [-0.2, -0.15) is 0 Å². The molecule has 0 aliphatic heterocycles. The second kappa shape index (κ2) is 8.87. The Morgan fingerprint density at radius 2 is 1.59 bits per heavy atom. The molecule has 1 heterocycles. The van der Waals surface area contributed by atoms with E-state index in [0.29, 0.717) is 22.9 Å². The third kappa shape index (κ3) is 4.52. The number of anilines is 3. The number of methoxy groups -OCH3 is 3. The Morgan fingerprint density at radius 1 is 0.966 bits per heavy atom. The molecule has 0 saturated heterocycles. The van der Waals surface area contributed by atoms with E-state index in [4.69, 9.17) is 14.2 Å². The molecule has 0 saturated carbocycles. The monoisotopic (exact) mass is 398 g/mol. The second-order valence-electron chi connectivity index (χ2n) is 5.77. The zero-order valence-corrected chi connectivity index (χ0v) is 16.0. The lowest BCUT2D eigenvalue weighted by molar-refractivity contribution is 0.102. The fraction of sp³-hybridized carbons (Fsp3) is 0.150. The maximum atomic E-state index is 13.7. The largest absolute Gasteiger partial charge is 0.493 e. The lowest BCUT2D eigenvalue weighted by Crippen LogP contribution is -2.13. The summed E-state index contributed by atoms with van der Waals surface area (Å²) in [5.41, 5.74) is 0.901. The van der Waals surface area contributed by atoms with Crippen molar-refractivity contribution >= 4 is 23.2 Å². The van der Waals surface area contributed by atoms with E-state index in [9.17, 15) is 9.18 Å². The molecule has 8 nitrogen and oxygen atoms in total. The van der Waals surface area contributed by atoms with Gasteiger partial charge in [-0.15, -0.1) is 0 Å². The van der Waals surface area contributed by atoms with Gasteiger partial charge in [0.1, 0.15) is 5.82 Å². The highest BCUT2D eigenvalue weighted by Crippen LogP contribution is 2.40. The molecule has 0 aliphatic rings. The number of nitrogens with zero attached hydrogens (tertiary/aromatic N) is 2. The van der Waals surface area contributed by atoms with Crippen molar-refractivity contribution in [2.45, 2.75) is 0 Å². The summed E-state index contributed by atoms with van der Waals surface area (Å²) in [7, 11) is 4.46. The topological polar surface area (TPSA) is 94.6 Å². The predicted molar refractivity (Wildman–Crippen MR) is 106 cm³/mol. The summed E-state index contributed by atoms with van der Waals surface area (Å²) in [6.07, 6.45) is 2.67. The number of aromatic nitrogens is 2. The minimum Gasteiger partial charge on any atom is -0.493 e. The Labute approximate surface area is 166 Å². The normalized spacial score (nSPS) is 10.2. The molecule has 3 rings (SSSR count). The van der Waals surface area contributed by atoms with Gasteiger partial charge in [-0.1, -0.05) is 12.1 Å². The Morgan fingerprint density at radius 3 is 2.14 bits per heavy atom. The third-order valence-electron chi connectivity index (χ3n) is 3.96. The molecule has 0 fully saturated rings. The van der Waals surface area contributed by atoms with E-state index >= 15 is 0 Å². The fourth-order valence-corrected chi connectivity index (χ4v) is 2.55. The molecular formula is C20H19FN4O4. The number of amides is 1. The summed E-state index contributed by atoms with van der Waals surface area (Å²) in [4.78, 5) is 20.6. The van der Waals surface area contributed by atoms with Gasteiger partial charge in [0.25, 0.3) is 5.91 Å². The van der Waals surface area contributed by atoms with Crippen LogP contribution in [-0.4, -0.2) is 37.2 Å². The SMILES string of the molecule is COc1cc(NC(=O)c2cnc(Nc3ccccc3F)nc2)cc(OC)c1OC. The highest BCUT2D eigenvalue weighted by Gasteiger charge is 2.15. The smallest absolute Gasteiger partial charge is 0.258 e. The van der Waals surface area contributed by atoms with Gasteiger partial charge in [-0.05, 0) is 12.1 Å². The van der Waals surface area contributed by atoms with Crippen LogP contribution in [0.25, 0.3) is 0 Å². The molecule has 150 valence electrons. The van der Waals surface area contributed by atoms with Crippen molar-refractivity contribution in [1.29, 1.82) is 0 Å². The van der Waals surface area contributed by atoms with Crippen LogP contribution in [0.5, 0.6) is 17.2 Å². The van der Waals surface area contributed by atoms with Gasteiger partial charge in [0.2, 0.25) is 11.7 Å². The first-order valence-electron chi connectivity index (χ1n) is 8.50. The zero-order chi connectivity index (χ0) is 20.8. The molecule has 0 radical (unpaired) electrons. The number of nitrogens with one attached hydrogen (secondary N) is 2. The number of carbonyl (C=O) groups excluding carboxylic acids is 1. The first-order chi connectivity index (χ1) is 14.0. The predicted octanol–water partition coefficient (Wildman–Crippen LogP) is 3.64. The average Bonchev–Trinajstić information content (AvgIpc) is 2.75. The first kappa shape index (κ1) is 19.9. The van der Waals surface area contributed by atoms with Crippen LogP contribution in [0.2, 0.25) is 0 Å². The van der Waals surface area contributed by atoms with Gasteiger partial charge in [0.15, 0.2) is 11.5 Å². The highest BCUT2D eigenvalue weighted by atomic mass is 19.1. The second-order valence-corrected chi connectivity index (χ2v) is 5.77. The summed E-state index contributed by atoms with van der Waals surface area (Å²) >= 11 is 0. The Balaban J connectivity index is 1.75. The molecule has 0 spiro atoms. The number of benzene rings is 2. The lowest BCUT2D eigenvalue weighted by atomic mass is 10.2. The van der Waals surface area contributed by atoms with Gasteiger partial charge < -0.3 is 24.8 Å².